The van der Waals surface area contributed by atoms with E-state index in [0.29, 0.717) is 13.2 Å². The van der Waals surface area contributed by atoms with Crippen LogP contribution in [0.15, 0.2) is 0 Å². The fraction of sp³-hybridized carbons (Fsp3) is 0.923. The number of nitrogens with zero attached hydrogens (tertiary/aromatic N) is 2. The van der Waals surface area contributed by atoms with Gasteiger partial charge in [0.05, 0.1) is 13.2 Å². The predicted molar refractivity (Wildman–Crippen MR) is 86.6 cm³/mol. The molecule has 6 nitrogen and oxygen atoms in total. The highest BCUT2D eigenvalue weighted by Crippen LogP contribution is 2.07. The molecule has 0 aromatic carbocycles. The Morgan fingerprint density at radius 3 is 2.57 bits per heavy atom. The van der Waals surface area contributed by atoms with Crippen molar-refractivity contribution in [3.05, 3.63) is 0 Å². The number of nitrogens with one attached hydrogen (secondary N) is 1. The summed E-state index contributed by atoms with van der Waals surface area (Å²) < 4.78 is 10.9. The van der Waals surface area contributed by atoms with E-state index in [9.17, 15) is 4.79 Å². The molecule has 0 aromatic heterocycles. The summed E-state index contributed by atoms with van der Waals surface area (Å²) in [7, 11) is 0. The number of morpholine rings is 1. The van der Waals surface area contributed by atoms with Crippen LogP contribution < -0.4 is 5.32 Å². The lowest BCUT2D eigenvalue weighted by Crippen LogP contribution is -2.55. The summed E-state index contributed by atoms with van der Waals surface area (Å²) in [6, 6.07) is 0. The Bertz CT molecular complexity index is 284. The molecule has 2 aliphatic heterocycles. The van der Waals surface area contributed by atoms with Crippen molar-refractivity contribution in [2.75, 3.05) is 65.6 Å². The molecule has 2 heterocycles. The van der Waals surface area contributed by atoms with Gasteiger partial charge in [-0.05, 0) is 6.92 Å². The van der Waals surface area contributed by atoms with E-state index in [1.807, 2.05) is 11.8 Å². The number of rotatable bonds is 5. The van der Waals surface area contributed by atoms with Crippen molar-refractivity contribution in [1.29, 1.82) is 0 Å². The highest BCUT2D eigenvalue weighted by molar-refractivity contribution is 5.85. The minimum Gasteiger partial charge on any atom is -0.380 e. The van der Waals surface area contributed by atoms with Crippen LogP contribution in [0.2, 0.25) is 0 Å². The molecule has 1 N–H and O–H groups in total. The van der Waals surface area contributed by atoms with Gasteiger partial charge in [0.2, 0.25) is 0 Å². The van der Waals surface area contributed by atoms with Gasteiger partial charge in [-0.1, -0.05) is 0 Å². The van der Waals surface area contributed by atoms with Crippen LogP contribution in [-0.4, -0.2) is 87.4 Å². The predicted octanol–water partition coefficient (Wildman–Crippen LogP) is -0.000900. The van der Waals surface area contributed by atoms with E-state index >= 15 is 0 Å². The molecule has 1 amide bonds. The number of amides is 1. The Hall–Kier alpha value is -0.110. The summed E-state index contributed by atoms with van der Waals surface area (Å²) >= 11 is 0. The zero-order valence-electron chi connectivity index (χ0n) is 12.6. The van der Waals surface area contributed by atoms with Crippen LogP contribution in [0.25, 0.3) is 0 Å². The Morgan fingerprint density at radius 2 is 2.00 bits per heavy atom. The molecule has 2 rings (SSSR count). The van der Waals surface area contributed by atoms with Gasteiger partial charge < -0.3 is 19.7 Å². The van der Waals surface area contributed by atoms with E-state index in [1.54, 1.807) is 0 Å². The fourth-order valence-electron chi connectivity index (χ4n) is 2.46. The van der Waals surface area contributed by atoms with Crippen molar-refractivity contribution in [2.24, 2.45) is 0 Å². The number of carbonyl (C=O) groups is 1. The van der Waals surface area contributed by atoms with Crippen molar-refractivity contribution in [1.82, 2.24) is 15.1 Å². The van der Waals surface area contributed by atoms with E-state index in [1.165, 1.54) is 0 Å². The third-order valence-corrected chi connectivity index (χ3v) is 3.64. The first-order valence-corrected chi connectivity index (χ1v) is 7.22. The van der Waals surface area contributed by atoms with Gasteiger partial charge in [0.15, 0.2) is 0 Å². The van der Waals surface area contributed by atoms with Crippen LogP contribution in [0.1, 0.15) is 6.92 Å². The summed E-state index contributed by atoms with van der Waals surface area (Å²) in [6.45, 7) is 10.1. The van der Waals surface area contributed by atoms with Crippen molar-refractivity contribution in [3.63, 3.8) is 0 Å². The summed E-state index contributed by atoms with van der Waals surface area (Å²) in [6.07, 6.45) is -0.288. The number of piperazine rings is 1. The number of halogens is 2. The SMILES string of the molecule is CCOCCN1CCN(C(=O)C2CNCCO2)CC1.Cl.Cl. The molecule has 0 radical (unpaired) electrons. The first kappa shape index (κ1) is 20.9. The van der Waals surface area contributed by atoms with Gasteiger partial charge in [-0.2, -0.15) is 0 Å². The molecule has 0 saturated carbocycles. The maximum Gasteiger partial charge on any atom is 0.253 e. The number of hydrogen-bond donors (Lipinski definition) is 1. The second-order valence-electron chi connectivity index (χ2n) is 4.93. The number of ether oxygens (including phenoxy) is 2. The minimum absolute atomic E-state index is 0. The van der Waals surface area contributed by atoms with E-state index < -0.39 is 0 Å². The van der Waals surface area contributed by atoms with Gasteiger partial charge >= 0.3 is 0 Å². The van der Waals surface area contributed by atoms with Crippen LogP contribution in [0.3, 0.4) is 0 Å². The molecule has 2 fully saturated rings. The highest BCUT2D eigenvalue weighted by Gasteiger charge is 2.28. The van der Waals surface area contributed by atoms with Crippen molar-refractivity contribution in [3.8, 4) is 0 Å². The Balaban J connectivity index is 0.00000200. The molecule has 2 aliphatic rings. The molecule has 0 spiro atoms. The van der Waals surface area contributed by atoms with Crippen molar-refractivity contribution in [2.45, 2.75) is 13.0 Å². The monoisotopic (exact) mass is 343 g/mol. The second-order valence-corrected chi connectivity index (χ2v) is 4.93. The Kier molecular flexibility index (Phi) is 11.4. The third-order valence-electron chi connectivity index (χ3n) is 3.64. The summed E-state index contributed by atoms with van der Waals surface area (Å²) in [5.41, 5.74) is 0. The van der Waals surface area contributed by atoms with Gasteiger partial charge in [-0.15, -0.1) is 24.8 Å². The molecule has 2 saturated heterocycles. The fourth-order valence-corrected chi connectivity index (χ4v) is 2.46. The van der Waals surface area contributed by atoms with Gasteiger partial charge in [0.25, 0.3) is 5.91 Å². The molecule has 0 aromatic rings. The second kappa shape index (κ2) is 11.5. The molecule has 0 bridgehead atoms. The topological polar surface area (TPSA) is 54.0 Å². The summed E-state index contributed by atoms with van der Waals surface area (Å²) in [4.78, 5) is 16.5. The zero-order chi connectivity index (χ0) is 13.5. The van der Waals surface area contributed by atoms with E-state index in [0.717, 1.165) is 52.5 Å². The third kappa shape index (κ3) is 6.67. The molecule has 1 atom stereocenters. The smallest absolute Gasteiger partial charge is 0.253 e. The van der Waals surface area contributed by atoms with Crippen LogP contribution in [0, 0.1) is 0 Å². The maximum absolute atomic E-state index is 12.2. The molecule has 8 heteroatoms. The average molecular weight is 344 g/mol. The zero-order valence-corrected chi connectivity index (χ0v) is 14.2. The van der Waals surface area contributed by atoms with Gasteiger partial charge in [-0.3, -0.25) is 9.69 Å². The normalized spacial score (nSPS) is 23.1. The van der Waals surface area contributed by atoms with Crippen molar-refractivity contribution < 1.29 is 14.3 Å². The minimum atomic E-state index is -0.288. The van der Waals surface area contributed by atoms with Crippen molar-refractivity contribution >= 4 is 30.7 Å². The molecule has 126 valence electrons. The molecular formula is C13H27Cl2N3O3. The first-order chi connectivity index (χ1) is 9.31. The molecule has 0 aliphatic carbocycles. The lowest BCUT2D eigenvalue weighted by atomic mass is 10.2. The van der Waals surface area contributed by atoms with Crippen LogP contribution in [-0.2, 0) is 14.3 Å². The lowest BCUT2D eigenvalue weighted by molar-refractivity contribution is -0.147. The first-order valence-electron chi connectivity index (χ1n) is 7.22. The maximum atomic E-state index is 12.2. The van der Waals surface area contributed by atoms with E-state index in [-0.39, 0.29) is 36.8 Å². The quantitative estimate of drug-likeness (QED) is 0.712. The molecule has 1 unspecified atom stereocenters. The van der Waals surface area contributed by atoms with Crippen LogP contribution in [0.5, 0.6) is 0 Å². The number of carbonyl (C=O) groups excluding carboxylic acids is 1. The highest BCUT2D eigenvalue weighted by atomic mass is 35.5. The van der Waals surface area contributed by atoms with Gasteiger partial charge in [0, 0.05) is 52.4 Å². The standard InChI is InChI=1S/C13H25N3O3.2ClH/c1-2-18-10-8-15-4-6-16(7-5-15)13(17)12-11-14-3-9-19-12;;/h12,14H,2-11H2,1H3;2*1H. The van der Waals surface area contributed by atoms with E-state index in [4.69, 9.17) is 9.47 Å². The van der Waals surface area contributed by atoms with Gasteiger partial charge in [-0.25, -0.2) is 0 Å². The van der Waals surface area contributed by atoms with Gasteiger partial charge in [0.1, 0.15) is 6.10 Å². The lowest BCUT2D eigenvalue weighted by Gasteiger charge is -2.37. The average Bonchev–Trinajstić information content (AvgIpc) is 2.48. The summed E-state index contributed by atoms with van der Waals surface area (Å²) in [5.74, 6) is 0.136. The Morgan fingerprint density at radius 1 is 1.29 bits per heavy atom. The summed E-state index contributed by atoms with van der Waals surface area (Å²) in [5, 5.41) is 3.20. The molecule has 21 heavy (non-hydrogen) atoms. The molecular weight excluding hydrogens is 317 g/mol. The number of hydrogen-bond acceptors (Lipinski definition) is 5. The van der Waals surface area contributed by atoms with Crippen LogP contribution in [0.4, 0.5) is 0 Å². The van der Waals surface area contributed by atoms with E-state index in [2.05, 4.69) is 10.2 Å². The largest absolute Gasteiger partial charge is 0.380 e. The Labute approximate surface area is 139 Å². The van der Waals surface area contributed by atoms with Crippen LogP contribution >= 0.6 is 24.8 Å².